The molecule has 2 heterocycles. The van der Waals surface area contributed by atoms with E-state index in [1.807, 2.05) is 42.5 Å². The molecule has 0 aliphatic carbocycles. The number of aromatic nitrogens is 2. The maximum atomic E-state index is 13.6. The first-order valence-corrected chi connectivity index (χ1v) is 11.6. The number of hydrogen-bond donors (Lipinski definition) is 2. The Morgan fingerprint density at radius 2 is 1.81 bits per heavy atom. The van der Waals surface area contributed by atoms with E-state index in [1.165, 1.54) is 17.0 Å². The lowest BCUT2D eigenvalue weighted by Gasteiger charge is -2.25. The Hall–Kier alpha value is -4.34. The van der Waals surface area contributed by atoms with Crippen LogP contribution in [0.3, 0.4) is 0 Å². The van der Waals surface area contributed by atoms with Gasteiger partial charge in [-0.15, -0.1) is 0 Å². The molecule has 0 bridgehead atoms. The van der Waals surface area contributed by atoms with Gasteiger partial charge < -0.3 is 15.0 Å². The predicted molar refractivity (Wildman–Crippen MR) is 129 cm³/mol. The van der Waals surface area contributed by atoms with Gasteiger partial charge in [0.05, 0.1) is 17.3 Å². The van der Waals surface area contributed by atoms with Crippen LogP contribution in [0, 0.1) is 0 Å². The van der Waals surface area contributed by atoms with Crippen LogP contribution in [0.2, 0.25) is 0 Å². The van der Waals surface area contributed by atoms with Crippen LogP contribution in [-0.4, -0.2) is 33.1 Å². The van der Waals surface area contributed by atoms with E-state index >= 15 is 0 Å². The number of ether oxygens (including phenoxy) is 1. The largest absolute Gasteiger partial charge is 0.445 e. The van der Waals surface area contributed by atoms with Crippen LogP contribution in [0.15, 0.2) is 72.9 Å². The fourth-order valence-corrected chi connectivity index (χ4v) is 4.47. The van der Waals surface area contributed by atoms with E-state index in [2.05, 4.69) is 15.5 Å². The normalized spacial score (nSPS) is 15.8. The number of hydrogen-bond acceptors (Lipinski definition) is 4. The van der Waals surface area contributed by atoms with Gasteiger partial charge in [0.25, 0.3) is 0 Å². The van der Waals surface area contributed by atoms with E-state index < -0.39 is 23.9 Å². The molecule has 0 saturated heterocycles. The molecule has 1 aromatic heterocycles. The molecule has 3 aromatic carbocycles. The number of carbonyl (C=O) groups is 2. The number of fused-ring (bicyclic) bond motifs is 3. The van der Waals surface area contributed by atoms with Crippen molar-refractivity contribution in [3.8, 4) is 0 Å². The monoisotopic (exact) mass is 508 g/mol. The van der Waals surface area contributed by atoms with Crippen molar-refractivity contribution in [3.63, 3.8) is 0 Å². The number of nitrogens with one attached hydrogen (secondary N) is 2. The smallest absolute Gasteiger partial charge is 0.416 e. The molecular weight excluding hydrogens is 485 g/mol. The van der Waals surface area contributed by atoms with E-state index in [4.69, 9.17) is 4.74 Å². The summed E-state index contributed by atoms with van der Waals surface area (Å²) >= 11 is 0. The molecule has 10 heteroatoms. The third-order valence-corrected chi connectivity index (χ3v) is 6.38. The summed E-state index contributed by atoms with van der Waals surface area (Å²) in [7, 11) is 0. The Bertz CT molecular complexity index is 1420. The summed E-state index contributed by atoms with van der Waals surface area (Å²) in [5.74, 6) is -0.357. The van der Waals surface area contributed by atoms with Crippen molar-refractivity contribution >= 4 is 22.9 Å². The van der Waals surface area contributed by atoms with E-state index in [0.717, 1.165) is 39.7 Å². The zero-order valence-electron chi connectivity index (χ0n) is 19.6. The Balaban J connectivity index is 1.39. The number of carbonyl (C=O) groups excluding carboxylic acids is 2. The molecule has 1 aliphatic heterocycles. The number of aromatic amines is 1. The van der Waals surface area contributed by atoms with E-state index in [0.29, 0.717) is 5.56 Å². The third-order valence-electron chi connectivity index (χ3n) is 6.38. The molecule has 4 aromatic rings. The minimum Gasteiger partial charge on any atom is -0.445 e. The molecule has 2 amide bonds. The maximum absolute atomic E-state index is 13.6. The van der Waals surface area contributed by atoms with Gasteiger partial charge in [-0.2, -0.15) is 18.3 Å². The fraction of sp³-hybridized carbons (Fsp3) is 0.222. The van der Waals surface area contributed by atoms with E-state index in [-0.39, 0.29) is 32.0 Å². The van der Waals surface area contributed by atoms with Crippen molar-refractivity contribution < 1.29 is 27.5 Å². The number of benzene rings is 3. The second-order valence-corrected chi connectivity index (χ2v) is 8.89. The average Bonchev–Trinajstić information content (AvgIpc) is 3.32. The maximum Gasteiger partial charge on any atom is 0.416 e. The van der Waals surface area contributed by atoms with Gasteiger partial charge in [0.1, 0.15) is 12.6 Å². The van der Waals surface area contributed by atoms with Crippen LogP contribution in [0.1, 0.15) is 27.8 Å². The number of alkyl carbamates (subject to hydrolysis) is 1. The lowest BCUT2D eigenvalue weighted by molar-refractivity contribution is -0.137. The first-order chi connectivity index (χ1) is 17.8. The van der Waals surface area contributed by atoms with Crippen molar-refractivity contribution in [1.82, 2.24) is 20.4 Å². The quantitative estimate of drug-likeness (QED) is 0.399. The van der Waals surface area contributed by atoms with E-state index in [9.17, 15) is 22.8 Å². The Kier molecular flexibility index (Phi) is 6.56. The number of amides is 2. The topological polar surface area (TPSA) is 87.3 Å². The van der Waals surface area contributed by atoms with Gasteiger partial charge in [0, 0.05) is 24.9 Å². The molecular formula is C27H23F3N4O3. The second kappa shape index (κ2) is 9.96. The zero-order valence-corrected chi connectivity index (χ0v) is 19.6. The highest BCUT2D eigenvalue weighted by Gasteiger charge is 2.33. The molecule has 0 fully saturated rings. The standard InChI is InChI=1S/C27H23F3N4O3/c28-27(29,30)20-9-6-17(7-10-20)14-34-15-22-19(8-11-23-21(22)13-31-33-23)12-24(25(34)35)32-26(36)37-16-18-4-2-1-3-5-18/h1-11,13,24H,12,14-16H2,(H,31,33)(H,32,36). The lowest BCUT2D eigenvalue weighted by atomic mass is 9.99. The first kappa shape index (κ1) is 24.4. The highest BCUT2D eigenvalue weighted by atomic mass is 19.4. The van der Waals surface area contributed by atoms with Gasteiger partial charge in [0.2, 0.25) is 5.91 Å². The Labute approximate surface area is 210 Å². The molecule has 37 heavy (non-hydrogen) atoms. The van der Waals surface area contributed by atoms with Crippen LogP contribution < -0.4 is 5.32 Å². The SMILES string of the molecule is O=C(NC1Cc2ccc3[nH]ncc3c2CN(Cc2ccc(C(F)(F)F)cc2)C1=O)OCc1ccccc1. The highest BCUT2D eigenvalue weighted by molar-refractivity contribution is 5.89. The number of alkyl halides is 3. The zero-order chi connectivity index (χ0) is 26.0. The summed E-state index contributed by atoms with van der Waals surface area (Å²) in [5.41, 5.74) is 3.12. The molecule has 7 nitrogen and oxygen atoms in total. The average molecular weight is 509 g/mol. The molecule has 0 spiro atoms. The number of rotatable bonds is 5. The van der Waals surface area contributed by atoms with Crippen molar-refractivity contribution in [3.05, 3.63) is 101 Å². The molecule has 0 radical (unpaired) electrons. The van der Waals surface area contributed by atoms with Gasteiger partial charge >= 0.3 is 12.3 Å². The molecule has 1 aliphatic rings. The number of halogens is 3. The Morgan fingerprint density at radius 1 is 1.05 bits per heavy atom. The van der Waals surface area contributed by atoms with Gasteiger partial charge in [-0.25, -0.2) is 4.79 Å². The predicted octanol–water partition coefficient (Wildman–Crippen LogP) is 4.96. The van der Waals surface area contributed by atoms with Crippen molar-refractivity contribution in [2.75, 3.05) is 0 Å². The van der Waals surface area contributed by atoms with Crippen LogP contribution >= 0.6 is 0 Å². The Morgan fingerprint density at radius 3 is 2.54 bits per heavy atom. The molecule has 5 rings (SSSR count). The molecule has 1 atom stereocenters. The molecule has 190 valence electrons. The summed E-state index contributed by atoms with van der Waals surface area (Å²) in [5, 5.41) is 10.5. The van der Waals surface area contributed by atoms with Crippen molar-refractivity contribution in [1.29, 1.82) is 0 Å². The highest BCUT2D eigenvalue weighted by Crippen LogP contribution is 2.31. The van der Waals surface area contributed by atoms with Crippen LogP contribution in [0.5, 0.6) is 0 Å². The lowest BCUT2D eigenvalue weighted by Crippen LogP contribution is -2.48. The van der Waals surface area contributed by atoms with Crippen molar-refractivity contribution in [2.24, 2.45) is 0 Å². The minimum atomic E-state index is -4.45. The third kappa shape index (κ3) is 5.42. The van der Waals surface area contributed by atoms with Crippen LogP contribution in [-0.2, 0) is 41.8 Å². The second-order valence-electron chi connectivity index (χ2n) is 8.89. The number of nitrogens with zero attached hydrogens (tertiary/aromatic N) is 2. The van der Waals surface area contributed by atoms with Crippen molar-refractivity contribution in [2.45, 2.75) is 38.3 Å². The summed E-state index contributed by atoms with van der Waals surface area (Å²) < 4.78 is 44.3. The molecule has 1 unspecified atom stereocenters. The van der Waals surface area contributed by atoms with Gasteiger partial charge in [-0.1, -0.05) is 48.5 Å². The first-order valence-electron chi connectivity index (χ1n) is 11.6. The summed E-state index contributed by atoms with van der Waals surface area (Å²) in [4.78, 5) is 27.7. The minimum absolute atomic E-state index is 0.0507. The summed E-state index contributed by atoms with van der Waals surface area (Å²) in [6.45, 7) is 0.334. The molecule has 2 N–H and O–H groups in total. The van der Waals surface area contributed by atoms with Crippen LogP contribution in [0.25, 0.3) is 10.9 Å². The van der Waals surface area contributed by atoms with E-state index in [1.54, 1.807) is 6.20 Å². The molecule has 0 saturated carbocycles. The van der Waals surface area contributed by atoms with Gasteiger partial charge in [-0.05, 0) is 40.5 Å². The van der Waals surface area contributed by atoms with Gasteiger partial charge in [0.15, 0.2) is 0 Å². The summed E-state index contributed by atoms with van der Waals surface area (Å²) in [6, 6.07) is 16.7. The van der Waals surface area contributed by atoms with Gasteiger partial charge in [-0.3, -0.25) is 9.89 Å². The van der Waals surface area contributed by atoms with Crippen LogP contribution in [0.4, 0.5) is 18.0 Å². The summed E-state index contributed by atoms with van der Waals surface area (Å²) in [6.07, 6.45) is -3.27. The fourth-order valence-electron chi connectivity index (χ4n) is 4.47. The number of H-pyrrole nitrogens is 1.